The number of hydrogen-bond acceptors (Lipinski definition) is 6. The number of nitrogens with zero attached hydrogens (tertiary/aromatic N) is 3. The lowest BCUT2D eigenvalue weighted by molar-refractivity contribution is -0.274. The summed E-state index contributed by atoms with van der Waals surface area (Å²) in [6.45, 7) is 0.00770. The lowest BCUT2D eigenvalue weighted by Gasteiger charge is -2.36. The molecule has 3 aromatic rings. The Morgan fingerprint density at radius 2 is 1.87 bits per heavy atom. The average molecular weight is 532 g/mol. The second-order valence-corrected chi connectivity index (χ2v) is 9.30. The van der Waals surface area contributed by atoms with Crippen LogP contribution in [-0.4, -0.2) is 33.5 Å². The number of anilines is 1. The molecule has 0 bridgehead atoms. The zero-order chi connectivity index (χ0) is 27.0. The van der Waals surface area contributed by atoms with Crippen molar-refractivity contribution in [3.63, 3.8) is 0 Å². The Bertz CT molecular complexity index is 1410. The third kappa shape index (κ3) is 5.15. The smallest absolute Gasteiger partial charge is 0.407 e. The summed E-state index contributed by atoms with van der Waals surface area (Å²) in [6.07, 6.45) is -2.72. The quantitative estimate of drug-likeness (QED) is 0.474. The molecule has 2 N–H and O–H groups in total. The normalized spacial score (nSPS) is 16.4. The molecule has 1 aliphatic carbocycles. The van der Waals surface area contributed by atoms with Gasteiger partial charge in [0.05, 0.1) is 18.3 Å². The topological polar surface area (TPSA) is 99.7 Å². The minimum absolute atomic E-state index is 0.0380. The zero-order valence-electron chi connectivity index (χ0n) is 20.1. The van der Waals surface area contributed by atoms with Crippen molar-refractivity contribution in [3.05, 3.63) is 81.5 Å². The number of benzene rings is 2. The summed E-state index contributed by atoms with van der Waals surface area (Å²) in [4.78, 5) is 32.0. The SMILES string of the molecule is Nc1nc2c(c(=O)n1C(c1ccccc1)C1CCC1)CCN(C(=O)Oc1ccc(OC(F)(F)F)cc1F)C2. The van der Waals surface area contributed by atoms with E-state index in [2.05, 4.69) is 9.72 Å². The predicted molar refractivity (Wildman–Crippen MR) is 128 cm³/mol. The second-order valence-electron chi connectivity index (χ2n) is 9.30. The largest absolute Gasteiger partial charge is 0.573 e. The molecule has 1 unspecified atom stereocenters. The minimum atomic E-state index is -4.99. The first-order valence-corrected chi connectivity index (χ1v) is 12.1. The summed E-state index contributed by atoms with van der Waals surface area (Å²) in [5, 5.41) is 0. The summed E-state index contributed by atoms with van der Waals surface area (Å²) in [5.74, 6) is -2.25. The van der Waals surface area contributed by atoms with Crippen LogP contribution in [0.25, 0.3) is 0 Å². The number of ether oxygens (including phenoxy) is 2. The van der Waals surface area contributed by atoms with Gasteiger partial charge in [0, 0.05) is 18.2 Å². The highest BCUT2D eigenvalue weighted by molar-refractivity contribution is 5.71. The van der Waals surface area contributed by atoms with Gasteiger partial charge in [-0.15, -0.1) is 13.2 Å². The molecular formula is C26H24F4N4O4. The molecule has 200 valence electrons. The van der Waals surface area contributed by atoms with Crippen LogP contribution >= 0.6 is 0 Å². The number of fused-ring (bicyclic) bond motifs is 1. The van der Waals surface area contributed by atoms with E-state index in [0.29, 0.717) is 17.3 Å². The highest BCUT2D eigenvalue weighted by Crippen LogP contribution is 2.40. The highest BCUT2D eigenvalue weighted by atomic mass is 19.4. The van der Waals surface area contributed by atoms with Gasteiger partial charge in [-0.25, -0.2) is 14.2 Å². The Balaban J connectivity index is 1.36. The molecule has 1 saturated carbocycles. The van der Waals surface area contributed by atoms with Crippen LogP contribution in [0.3, 0.4) is 0 Å². The second kappa shape index (κ2) is 9.99. The van der Waals surface area contributed by atoms with Crippen molar-refractivity contribution in [1.29, 1.82) is 0 Å². The lowest BCUT2D eigenvalue weighted by atomic mass is 9.77. The third-order valence-electron chi connectivity index (χ3n) is 6.90. The first kappa shape index (κ1) is 25.6. The molecule has 1 atom stereocenters. The number of carbonyl (C=O) groups excluding carboxylic acids is 1. The van der Waals surface area contributed by atoms with Crippen LogP contribution < -0.4 is 20.8 Å². The van der Waals surface area contributed by atoms with Gasteiger partial charge in [-0.3, -0.25) is 9.36 Å². The fourth-order valence-electron chi connectivity index (χ4n) is 4.90. The van der Waals surface area contributed by atoms with Crippen LogP contribution in [0.4, 0.5) is 28.3 Å². The van der Waals surface area contributed by atoms with E-state index >= 15 is 0 Å². The molecule has 0 radical (unpaired) electrons. The number of nitrogen functional groups attached to an aromatic ring is 1. The number of carbonyl (C=O) groups is 1. The third-order valence-corrected chi connectivity index (χ3v) is 6.90. The fraction of sp³-hybridized carbons (Fsp3) is 0.346. The van der Waals surface area contributed by atoms with Crippen molar-refractivity contribution < 1.29 is 31.8 Å². The van der Waals surface area contributed by atoms with E-state index in [-0.39, 0.29) is 43.0 Å². The number of rotatable bonds is 5. The summed E-state index contributed by atoms with van der Waals surface area (Å²) in [7, 11) is 0. The van der Waals surface area contributed by atoms with E-state index in [4.69, 9.17) is 10.5 Å². The summed E-state index contributed by atoms with van der Waals surface area (Å²) >= 11 is 0. The predicted octanol–water partition coefficient (Wildman–Crippen LogP) is 4.81. The zero-order valence-corrected chi connectivity index (χ0v) is 20.1. The number of halogens is 4. The fourth-order valence-corrected chi connectivity index (χ4v) is 4.90. The van der Waals surface area contributed by atoms with Gasteiger partial charge in [-0.1, -0.05) is 36.8 Å². The van der Waals surface area contributed by atoms with Gasteiger partial charge < -0.3 is 20.1 Å². The maximum absolute atomic E-state index is 14.2. The summed E-state index contributed by atoms with van der Waals surface area (Å²) in [5.41, 5.74) is 7.79. The van der Waals surface area contributed by atoms with Gasteiger partial charge in [-0.05, 0) is 42.9 Å². The molecular weight excluding hydrogens is 508 g/mol. The maximum atomic E-state index is 14.2. The summed E-state index contributed by atoms with van der Waals surface area (Å²) in [6, 6.07) is 11.6. The highest BCUT2D eigenvalue weighted by Gasteiger charge is 2.35. The van der Waals surface area contributed by atoms with Gasteiger partial charge in [-0.2, -0.15) is 0 Å². The van der Waals surface area contributed by atoms with Crippen molar-refractivity contribution in [2.45, 2.75) is 44.6 Å². The molecule has 2 aliphatic rings. The van der Waals surface area contributed by atoms with Crippen LogP contribution in [0.2, 0.25) is 0 Å². The van der Waals surface area contributed by atoms with E-state index in [9.17, 15) is 27.2 Å². The molecule has 1 fully saturated rings. The van der Waals surface area contributed by atoms with E-state index in [1.807, 2.05) is 30.3 Å². The molecule has 2 aromatic carbocycles. The Labute approximate surface area is 214 Å². The Kier molecular flexibility index (Phi) is 6.72. The summed E-state index contributed by atoms with van der Waals surface area (Å²) < 4.78 is 61.5. The first-order chi connectivity index (χ1) is 18.1. The monoisotopic (exact) mass is 532 g/mol. The number of aromatic nitrogens is 2. The van der Waals surface area contributed by atoms with Crippen LogP contribution in [0.15, 0.2) is 53.3 Å². The molecule has 1 aliphatic heterocycles. The van der Waals surface area contributed by atoms with E-state index < -0.39 is 29.8 Å². The lowest BCUT2D eigenvalue weighted by Crippen LogP contribution is -2.44. The Morgan fingerprint density at radius 1 is 1.13 bits per heavy atom. The first-order valence-electron chi connectivity index (χ1n) is 12.1. The molecule has 5 rings (SSSR count). The Hall–Kier alpha value is -4.09. The van der Waals surface area contributed by atoms with Gasteiger partial charge >= 0.3 is 12.5 Å². The van der Waals surface area contributed by atoms with Crippen LogP contribution in [0.1, 0.15) is 42.1 Å². The van der Waals surface area contributed by atoms with Gasteiger partial charge in [0.25, 0.3) is 5.56 Å². The standard InChI is InChI=1S/C26H24F4N4O4/c27-19-13-17(38-26(28,29)30)9-10-21(19)37-25(36)33-12-11-18-20(14-33)32-24(31)34(23(18)35)22(16-7-4-8-16)15-5-2-1-3-6-15/h1-3,5-6,9-10,13,16,22H,4,7-8,11-12,14H2,(H2,31,32). The van der Waals surface area contributed by atoms with Crippen molar-refractivity contribution in [3.8, 4) is 11.5 Å². The van der Waals surface area contributed by atoms with Crippen molar-refractivity contribution in [1.82, 2.24) is 14.5 Å². The molecule has 1 amide bonds. The number of nitrogens with two attached hydrogens (primary N) is 1. The Morgan fingerprint density at radius 3 is 2.50 bits per heavy atom. The minimum Gasteiger partial charge on any atom is -0.407 e. The van der Waals surface area contributed by atoms with Crippen LogP contribution in [0, 0.1) is 11.7 Å². The van der Waals surface area contributed by atoms with E-state index in [1.165, 1.54) is 4.90 Å². The number of amides is 1. The molecule has 8 nitrogen and oxygen atoms in total. The van der Waals surface area contributed by atoms with Gasteiger partial charge in [0.15, 0.2) is 11.6 Å². The van der Waals surface area contributed by atoms with Gasteiger partial charge in [0.1, 0.15) is 5.75 Å². The maximum Gasteiger partial charge on any atom is 0.573 e. The van der Waals surface area contributed by atoms with Gasteiger partial charge in [0.2, 0.25) is 5.95 Å². The van der Waals surface area contributed by atoms with Crippen molar-refractivity contribution >= 4 is 12.0 Å². The molecule has 12 heteroatoms. The number of alkyl halides is 3. The van der Waals surface area contributed by atoms with E-state index in [0.717, 1.165) is 37.0 Å². The van der Waals surface area contributed by atoms with Crippen LogP contribution in [-0.2, 0) is 13.0 Å². The number of hydrogen-bond donors (Lipinski definition) is 1. The molecule has 2 heterocycles. The average Bonchev–Trinajstić information content (AvgIpc) is 2.83. The molecule has 0 spiro atoms. The molecule has 1 aromatic heterocycles. The molecule has 0 saturated heterocycles. The van der Waals surface area contributed by atoms with Crippen molar-refractivity contribution in [2.24, 2.45) is 5.92 Å². The molecule has 38 heavy (non-hydrogen) atoms. The van der Waals surface area contributed by atoms with E-state index in [1.54, 1.807) is 4.57 Å². The van der Waals surface area contributed by atoms with Crippen LogP contribution in [0.5, 0.6) is 11.5 Å². The van der Waals surface area contributed by atoms with Crippen molar-refractivity contribution in [2.75, 3.05) is 12.3 Å².